The molecule has 7 atom stereocenters. The first-order valence-electron chi connectivity index (χ1n) is 6.11. The number of hydrogen-bond donors (Lipinski definition) is 1. The summed E-state index contributed by atoms with van der Waals surface area (Å²) in [6.07, 6.45) is -0.291. The third kappa shape index (κ3) is 1.43. The summed E-state index contributed by atoms with van der Waals surface area (Å²) in [5, 5.41) is 10.1. The largest absolute Gasteiger partial charge is 0.393 e. The summed E-state index contributed by atoms with van der Waals surface area (Å²) in [6.45, 7) is 0. The van der Waals surface area contributed by atoms with Crippen molar-refractivity contribution in [2.45, 2.75) is 43.4 Å². The van der Waals surface area contributed by atoms with Gasteiger partial charge in [0.2, 0.25) is 0 Å². The zero-order chi connectivity index (χ0) is 12.2. The van der Waals surface area contributed by atoms with Crippen LogP contribution in [0.15, 0.2) is 0 Å². The highest BCUT2D eigenvalue weighted by Crippen LogP contribution is 2.50. The Labute approximate surface area is 100 Å². The lowest BCUT2D eigenvalue weighted by molar-refractivity contribution is -0.141. The van der Waals surface area contributed by atoms with Gasteiger partial charge in [-0.05, 0) is 6.42 Å². The molecular formula is C12H18O5. The minimum absolute atomic E-state index is 0.113. The summed E-state index contributed by atoms with van der Waals surface area (Å²) >= 11 is 0. The SMILES string of the molecule is CO[C@@H]1[C@H](OC)[C@H]2O[C@@H]1[C@@H]1[C@H]2C(=O)CC[C@@H]1O. The van der Waals surface area contributed by atoms with Gasteiger partial charge in [0.25, 0.3) is 0 Å². The summed E-state index contributed by atoms with van der Waals surface area (Å²) in [6, 6.07) is 0. The molecule has 2 heterocycles. The third-order valence-corrected chi connectivity index (χ3v) is 4.48. The van der Waals surface area contributed by atoms with Crippen molar-refractivity contribution in [2.24, 2.45) is 11.8 Å². The van der Waals surface area contributed by atoms with Crippen LogP contribution in [-0.2, 0) is 19.0 Å². The van der Waals surface area contributed by atoms with Gasteiger partial charge in [0.15, 0.2) is 0 Å². The van der Waals surface area contributed by atoms with Crippen molar-refractivity contribution in [1.29, 1.82) is 0 Å². The van der Waals surface area contributed by atoms with Gasteiger partial charge in [0.05, 0.1) is 24.2 Å². The van der Waals surface area contributed by atoms with Crippen LogP contribution < -0.4 is 0 Å². The van der Waals surface area contributed by atoms with E-state index in [1.807, 2.05) is 0 Å². The molecule has 0 aromatic heterocycles. The maximum Gasteiger partial charge on any atom is 0.139 e. The van der Waals surface area contributed by atoms with Crippen LogP contribution in [0.2, 0.25) is 0 Å². The number of fused-ring (bicyclic) bond motifs is 5. The van der Waals surface area contributed by atoms with E-state index in [4.69, 9.17) is 14.2 Å². The molecule has 3 rings (SSSR count). The van der Waals surface area contributed by atoms with E-state index >= 15 is 0 Å². The van der Waals surface area contributed by atoms with Crippen molar-refractivity contribution >= 4 is 5.78 Å². The summed E-state index contributed by atoms with van der Waals surface area (Å²) < 4.78 is 16.6. The molecule has 3 aliphatic rings. The monoisotopic (exact) mass is 242 g/mol. The Hall–Kier alpha value is -0.490. The topological polar surface area (TPSA) is 65.0 Å². The summed E-state index contributed by atoms with van der Waals surface area (Å²) in [4.78, 5) is 12.0. The third-order valence-electron chi connectivity index (χ3n) is 4.48. The number of ketones is 1. The fourth-order valence-electron chi connectivity index (χ4n) is 3.77. The van der Waals surface area contributed by atoms with Crippen LogP contribution in [0.1, 0.15) is 12.8 Å². The van der Waals surface area contributed by atoms with E-state index in [1.165, 1.54) is 0 Å². The molecule has 1 N–H and O–H groups in total. The minimum Gasteiger partial charge on any atom is -0.393 e. The molecule has 96 valence electrons. The Kier molecular flexibility index (Phi) is 2.74. The van der Waals surface area contributed by atoms with E-state index < -0.39 is 6.10 Å². The number of methoxy groups -OCH3 is 2. The van der Waals surface area contributed by atoms with E-state index in [1.54, 1.807) is 14.2 Å². The van der Waals surface area contributed by atoms with Crippen molar-refractivity contribution in [3.8, 4) is 0 Å². The van der Waals surface area contributed by atoms with Crippen molar-refractivity contribution in [3.05, 3.63) is 0 Å². The molecule has 0 radical (unpaired) electrons. The van der Waals surface area contributed by atoms with Crippen LogP contribution in [0.25, 0.3) is 0 Å². The van der Waals surface area contributed by atoms with Gasteiger partial charge in [-0.15, -0.1) is 0 Å². The van der Waals surface area contributed by atoms with E-state index in [0.717, 1.165) is 0 Å². The standard InChI is InChI=1S/C12H18O5/c1-15-11-9-7-5(13)3-4-6(14)8(7)10(17-9)12(11)16-2/h5,7-13H,3-4H2,1-2H3/t5-,7-,8+,9+,10-,11-,12+/m0/s1. The predicted octanol–water partition coefficient (Wildman–Crippen LogP) is -0.246. The zero-order valence-electron chi connectivity index (χ0n) is 10.0. The van der Waals surface area contributed by atoms with Crippen molar-refractivity contribution in [2.75, 3.05) is 14.2 Å². The molecule has 2 aliphatic heterocycles. The molecule has 0 aromatic rings. The predicted molar refractivity (Wildman–Crippen MR) is 57.5 cm³/mol. The Morgan fingerprint density at radius 3 is 2.53 bits per heavy atom. The van der Waals surface area contributed by atoms with Gasteiger partial charge in [-0.25, -0.2) is 0 Å². The van der Waals surface area contributed by atoms with Crippen molar-refractivity contribution < 1.29 is 24.1 Å². The number of hydrogen-bond acceptors (Lipinski definition) is 5. The second kappa shape index (κ2) is 4.02. The molecule has 5 heteroatoms. The number of carbonyl (C=O) groups excluding carboxylic acids is 1. The fraction of sp³-hybridized carbons (Fsp3) is 0.917. The minimum atomic E-state index is -0.455. The Morgan fingerprint density at radius 1 is 1.24 bits per heavy atom. The van der Waals surface area contributed by atoms with Gasteiger partial charge in [-0.2, -0.15) is 0 Å². The van der Waals surface area contributed by atoms with Crippen LogP contribution in [0.5, 0.6) is 0 Å². The van der Waals surface area contributed by atoms with Gasteiger partial charge >= 0.3 is 0 Å². The molecule has 0 amide bonds. The zero-order valence-corrected chi connectivity index (χ0v) is 10.0. The maximum atomic E-state index is 12.0. The second-order valence-electron chi connectivity index (χ2n) is 5.14. The highest BCUT2D eigenvalue weighted by Gasteiger charge is 2.65. The van der Waals surface area contributed by atoms with Crippen LogP contribution >= 0.6 is 0 Å². The molecule has 1 saturated carbocycles. The van der Waals surface area contributed by atoms with Crippen molar-refractivity contribution in [3.63, 3.8) is 0 Å². The smallest absolute Gasteiger partial charge is 0.139 e. The average Bonchev–Trinajstić information content (AvgIpc) is 2.88. The number of rotatable bonds is 2. The normalized spacial score (nSPS) is 52.9. The lowest BCUT2D eigenvalue weighted by Crippen LogP contribution is -2.55. The highest BCUT2D eigenvalue weighted by molar-refractivity contribution is 5.83. The Morgan fingerprint density at radius 2 is 1.88 bits per heavy atom. The molecule has 5 nitrogen and oxygen atoms in total. The Bertz CT molecular complexity index is 331. The van der Waals surface area contributed by atoms with E-state index in [0.29, 0.717) is 12.8 Å². The molecule has 0 spiro atoms. The van der Waals surface area contributed by atoms with E-state index in [2.05, 4.69) is 0 Å². The molecule has 2 saturated heterocycles. The summed E-state index contributed by atoms with van der Waals surface area (Å²) in [5.74, 6) is -0.123. The average molecular weight is 242 g/mol. The van der Waals surface area contributed by atoms with Crippen LogP contribution in [0.4, 0.5) is 0 Å². The lowest BCUT2D eigenvalue weighted by Gasteiger charge is -2.40. The van der Waals surface area contributed by atoms with E-state index in [9.17, 15) is 9.90 Å². The maximum absolute atomic E-state index is 12.0. The summed E-state index contributed by atoms with van der Waals surface area (Å²) in [5.41, 5.74) is 0. The molecule has 0 aromatic carbocycles. The number of aliphatic hydroxyl groups is 1. The molecular weight excluding hydrogens is 224 g/mol. The van der Waals surface area contributed by atoms with E-state index in [-0.39, 0.29) is 42.0 Å². The van der Waals surface area contributed by atoms with Crippen LogP contribution in [0, 0.1) is 11.8 Å². The van der Waals surface area contributed by atoms with Gasteiger partial charge in [-0.1, -0.05) is 0 Å². The second-order valence-corrected chi connectivity index (χ2v) is 5.14. The quantitative estimate of drug-likeness (QED) is 0.723. The molecule has 1 aliphatic carbocycles. The van der Waals surface area contributed by atoms with Gasteiger partial charge in [-0.3, -0.25) is 4.79 Å². The molecule has 2 bridgehead atoms. The first kappa shape index (κ1) is 11.6. The van der Waals surface area contributed by atoms with Gasteiger partial charge in [0.1, 0.15) is 18.0 Å². The number of ether oxygens (including phenoxy) is 3. The highest BCUT2D eigenvalue weighted by atomic mass is 16.6. The van der Waals surface area contributed by atoms with Gasteiger partial charge in [0, 0.05) is 26.6 Å². The number of Topliss-reactive ketones (excluding diaryl/α,β-unsaturated/α-hetero) is 1. The lowest BCUT2D eigenvalue weighted by atomic mass is 9.67. The number of aliphatic hydroxyl groups excluding tert-OH is 1. The number of carbonyl (C=O) groups is 1. The molecule has 17 heavy (non-hydrogen) atoms. The fourth-order valence-corrected chi connectivity index (χ4v) is 3.77. The molecule has 3 fully saturated rings. The van der Waals surface area contributed by atoms with Crippen LogP contribution in [0.3, 0.4) is 0 Å². The first-order chi connectivity index (χ1) is 8.19. The van der Waals surface area contributed by atoms with Crippen LogP contribution in [-0.4, -0.2) is 55.6 Å². The summed E-state index contributed by atoms with van der Waals surface area (Å²) in [7, 11) is 3.23. The Balaban J connectivity index is 1.92. The van der Waals surface area contributed by atoms with Gasteiger partial charge < -0.3 is 19.3 Å². The first-order valence-corrected chi connectivity index (χ1v) is 6.11. The molecule has 0 unspecified atom stereocenters. The van der Waals surface area contributed by atoms with Crippen molar-refractivity contribution in [1.82, 2.24) is 0 Å².